The second-order valence-electron chi connectivity index (χ2n) is 5.11. The van der Waals surface area contributed by atoms with Crippen LogP contribution in [0.3, 0.4) is 0 Å². The maximum Gasteiger partial charge on any atom is 0.312 e. The predicted molar refractivity (Wildman–Crippen MR) is 73.6 cm³/mol. The highest BCUT2D eigenvalue weighted by atomic mass is 16.7. The minimum Gasteiger partial charge on any atom is -0.454 e. The van der Waals surface area contributed by atoms with Crippen molar-refractivity contribution in [2.75, 3.05) is 14.2 Å². The van der Waals surface area contributed by atoms with Gasteiger partial charge in [-0.25, -0.2) is 5.06 Å². The van der Waals surface area contributed by atoms with Crippen LogP contribution in [0.1, 0.15) is 44.0 Å². The first-order valence-electron chi connectivity index (χ1n) is 6.53. The summed E-state index contributed by atoms with van der Waals surface area (Å²) >= 11 is 0. The molecule has 5 heteroatoms. The quantitative estimate of drug-likeness (QED) is 0.744. The highest BCUT2D eigenvalue weighted by Gasteiger charge is 2.19. The van der Waals surface area contributed by atoms with E-state index in [-0.39, 0.29) is 5.91 Å². The third-order valence-electron chi connectivity index (χ3n) is 3.10. The van der Waals surface area contributed by atoms with Gasteiger partial charge in [0.15, 0.2) is 5.76 Å². The van der Waals surface area contributed by atoms with Crippen LogP contribution in [0.2, 0.25) is 0 Å². The van der Waals surface area contributed by atoms with Crippen molar-refractivity contribution in [1.29, 1.82) is 0 Å². The van der Waals surface area contributed by atoms with E-state index in [0.29, 0.717) is 24.4 Å². The topological polar surface area (TPSA) is 45.9 Å². The number of amides is 1. The zero-order valence-electron chi connectivity index (χ0n) is 12.6. The molecule has 1 amide bonds. The van der Waals surface area contributed by atoms with Gasteiger partial charge in [-0.15, -0.1) is 0 Å². The molecule has 0 aliphatic carbocycles. The van der Waals surface area contributed by atoms with Crippen LogP contribution in [-0.4, -0.2) is 42.1 Å². The Labute approximate surface area is 115 Å². The molecule has 0 fully saturated rings. The second-order valence-corrected chi connectivity index (χ2v) is 5.11. The van der Waals surface area contributed by atoms with E-state index in [1.165, 1.54) is 7.11 Å². The molecule has 1 aromatic heterocycles. The van der Waals surface area contributed by atoms with Gasteiger partial charge in [-0.2, -0.15) is 0 Å². The molecule has 0 aliphatic heterocycles. The Morgan fingerprint density at radius 1 is 1.26 bits per heavy atom. The van der Waals surface area contributed by atoms with Crippen LogP contribution < -0.4 is 0 Å². The molecule has 0 saturated heterocycles. The van der Waals surface area contributed by atoms with Crippen molar-refractivity contribution >= 4 is 5.91 Å². The number of furan rings is 1. The zero-order valence-corrected chi connectivity index (χ0v) is 12.6. The van der Waals surface area contributed by atoms with Crippen molar-refractivity contribution in [3.05, 3.63) is 23.7 Å². The molecule has 0 saturated carbocycles. The molecule has 1 heterocycles. The monoisotopic (exact) mass is 268 g/mol. The Morgan fingerprint density at radius 2 is 1.84 bits per heavy atom. The molecule has 0 aromatic carbocycles. The SMILES string of the molecule is CON(C)C(=O)c1ccc(CN(C(C)C)C(C)C)o1. The molecule has 0 radical (unpaired) electrons. The Hall–Kier alpha value is -1.33. The zero-order chi connectivity index (χ0) is 14.6. The summed E-state index contributed by atoms with van der Waals surface area (Å²) in [5.74, 6) is 0.802. The van der Waals surface area contributed by atoms with Gasteiger partial charge in [0, 0.05) is 19.1 Å². The summed E-state index contributed by atoms with van der Waals surface area (Å²) in [4.78, 5) is 19.0. The van der Waals surface area contributed by atoms with Crippen molar-refractivity contribution in [2.24, 2.45) is 0 Å². The van der Waals surface area contributed by atoms with Gasteiger partial charge in [0.25, 0.3) is 0 Å². The van der Waals surface area contributed by atoms with Crippen molar-refractivity contribution in [1.82, 2.24) is 9.96 Å². The molecule has 0 aliphatic rings. The van der Waals surface area contributed by atoms with E-state index in [4.69, 9.17) is 9.25 Å². The lowest BCUT2D eigenvalue weighted by Crippen LogP contribution is -2.36. The summed E-state index contributed by atoms with van der Waals surface area (Å²) in [6.45, 7) is 9.28. The van der Waals surface area contributed by atoms with Crippen LogP contribution in [0, 0.1) is 0 Å². The molecule has 19 heavy (non-hydrogen) atoms. The number of rotatable bonds is 6. The molecule has 0 unspecified atom stereocenters. The molecule has 0 spiro atoms. The first-order valence-corrected chi connectivity index (χ1v) is 6.53. The molecule has 0 bridgehead atoms. The number of carbonyl (C=O) groups excluding carboxylic acids is 1. The minimum absolute atomic E-state index is 0.283. The van der Waals surface area contributed by atoms with Gasteiger partial charge >= 0.3 is 5.91 Å². The van der Waals surface area contributed by atoms with E-state index in [1.54, 1.807) is 13.1 Å². The minimum atomic E-state index is -0.283. The largest absolute Gasteiger partial charge is 0.454 e. The van der Waals surface area contributed by atoms with Gasteiger partial charge in [0.1, 0.15) is 5.76 Å². The van der Waals surface area contributed by atoms with Gasteiger partial charge in [0.2, 0.25) is 0 Å². The average Bonchev–Trinajstić information content (AvgIpc) is 2.81. The molecule has 5 nitrogen and oxygen atoms in total. The second kappa shape index (κ2) is 6.73. The highest BCUT2D eigenvalue weighted by Crippen LogP contribution is 2.16. The van der Waals surface area contributed by atoms with Crippen molar-refractivity contribution < 1.29 is 14.0 Å². The van der Waals surface area contributed by atoms with E-state index < -0.39 is 0 Å². The lowest BCUT2D eigenvalue weighted by molar-refractivity contribution is -0.0774. The smallest absolute Gasteiger partial charge is 0.312 e. The Balaban J connectivity index is 2.77. The maximum absolute atomic E-state index is 11.8. The fourth-order valence-electron chi connectivity index (χ4n) is 1.96. The summed E-state index contributed by atoms with van der Waals surface area (Å²) in [7, 11) is 3.00. The molecule has 108 valence electrons. The number of hydrogen-bond donors (Lipinski definition) is 0. The molecular formula is C14H24N2O3. The lowest BCUT2D eigenvalue weighted by Gasteiger charge is -2.29. The van der Waals surface area contributed by atoms with Crippen LogP contribution in [0.4, 0.5) is 0 Å². The Kier molecular flexibility index (Phi) is 5.57. The van der Waals surface area contributed by atoms with Crippen LogP contribution in [-0.2, 0) is 11.4 Å². The molecule has 0 atom stereocenters. The summed E-state index contributed by atoms with van der Waals surface area (Å²) in [5.41, 5.74) is 0. The lowest BCUT2D eigenvalue weighted by atomic mass is 10.2. The van der Waals surface area contributed by atoms with Gasteiger partial charge in [-0.05, 0) is 39.8 Å². The van der Waals surface area contributed by atoms with Crippen LogP contribution in [0.5, 0.6) is 0 Å². The van der Waals surface area contributed by atoms with E-state index in [9.17, 15) is 4.79 Å². The standard InChI is InChI=1S/C14H24N2O3/c1-10(2)16(11(3)4)9-12-7-8-13(19-12)14(17)15(5)18-6/h7-8,10-11H,9H2,1-6H3. The van der Waals surface area contributed by atoms with E-state index in [2.05, 4.69) is 32.6 Å². The van der Waals surface area contributed by atoms with Crippen LogP contribution in [0.15, 0.2) is 16.5 Å². The fourth-order valence-corrected chi connectivity index (χ4v) is 1.96. The predicted octanol–water partition coefficient (Wildman–Crippen LogP) is 2.53. The summed E-state index contributed by atoms with van der Waals surface area (Å²) in [6, 6.07) is 4.37. The van der Waals surface area contributed by atoms with Crippen LogP contribution >= 0.6 is 0 Å². The van der Waals surface area contributed by atoms with Gasteiger partial charge in [0.05, 0.1) is 13.7 Å². The van der Waals surface area contributed by atoms with E-state index >= 15 is 0 Å². The van der Waals surface area contributed by atoms with Crippen LogP contribution in [0.25, 0.3) is 0 Å². The van der Waals surface area contributed by atoms with Gasteiger partial charge < -0.3 is 4.42 Å². The highest BCUT2D eigenvalue weighted by molar-refractivity contribution is 5.90. The Morgan fingerprint density at radius 3 is 2.32 bits per heavy atom. The molecule has 1 rings (SSSR count). The number of carbonyl (C=O) groups is 1. The van der Waals surface area contributed by atoms with E-state index in [1.807, 2.05) is 6.07 Å². The fraction of sp³-hybridized carbons (Fsp3) is 0.643. The summed E-state index contributed by atoms with van der Waals surface area (Å²) in [6.07, 6.45) is 0. The number of hydroxylamine groups is 2. The van der Waals surface area contributed by atoms with Gasteiger partial charge in [-0.3, -0.25) is 14.5 Å². The third-order valence-corrected chi connectivity index (χ3v) is 3.10. The van der Waals surface area contributed by atoms with E-state index in [0.717, 1.165) is 10.8 Å². The molecule has 1 aromatic rings. The van der Waals surface area contributed by atoms with Crippen molar-refractivity contribution in [3.8, 4) is 0 Å². The first kappa shape index (κ1) is 15.7. The van der Waals surface area contributed by atoms with Crippen molar-refractivity contribution in [2.45, 2.75) is 46.3 Å². The normalized spacial score (nSPS) is 11.6. The summed E-state index contributed by atoms with van der Waals surface area (Å²) in [5, 5.41) is 1.14. The van der Waals surface area contributed by atoms with Gasteiger partial charge in [-0.1, -0.05) is 0 Å². The summed E-state index contributed by atoms with van der Waals surface area (Å²) < 4.78 is 5.59. The van der Waals surface area contributed by atoms with Crippen molar-refractivity contribution in [3.63, 3.8) is 0 Å². The number of hydrogen-bond acceptors (Lipinski definition) is 4. The maximum atomic E-state index is 11.8. The molecular weight excluding hydrogens is 244 g/mol. The first-order chi connectivity index (χ1) is 8.86. The number of nitrogens with zero attached hydrogens (tertiary/aromatic N) is 2. The average molecular weight is 268 g/mol. The third kappa shape index (κ3) is 4.08. The Bertz CT molecular complexity index is 405. The molecule has 0 N–H and O–H groups in total.